The van der Waals surface area contributed by atoms with Gasteiger partial charge in [0.1, 0.15) is 12.1 Å². The highest BCUT2D eigenvalue weighted by atomic mass is 15.2. The molecule has 6 aromatic carbocycles. The highest BCUT2D eigenvalue weighted by Gasteiger charge is 2.29. The van der Waals surface area contributed by atoms with E-state index in [4.69, 9.17) is 4.98 Å². The predicted octanol–water partition coefficient (Wildman–Crippen LogP) is 9.65. The molecule has 7 aromatic rings. The first kappa shape index (κ1) is 32.8. The summed E-state index contributed by atoms with van der Waals surface area (Å²) in [5, 5.41) is 0. The molecule has 0 amide bonds. The Bertz CT molecular complexity index is 2170. The van der Waals surface area contributed by atoms with Crippen molar-refractivity contribution in [2.24, 2.45) is 0 Å². The molecule has 0 saturated heterocycles. The number of aromatic nitrogens is 2. The molecule has 4 heteroatoms. The molecule has 0 bridgehead atoms. The second kappa shape index (κ2) is 14.0. The Labute approximate surface area is 297 Å². The first-order valence-electron chi connectivity index (χ1n) is 17.3. The SMILES string of the molecule is Cc1cc(C)c(B(c2ccc(N(c3cccc(-c4ccccc4-c4ccccc4)c3)c3ccncn3)cc2)c2c(C)cc(C)cc2C)c(C)c1. The molecule has 244 valence electrons. The van der Waals surface area contributed by atoms with Gasteiger partial charge < -0.3 is 0 Å². The summed E-state index contributed by atoms with van der Waals surface area (Å²) >= 11 is 0. The Morgan fingerprint density at radius 3 is 1.58 bits per heavy atom. The van der Waals surface area contributed by atoms with E-state index in [0.29, 0.717) is 0 Å². The van der Waals surface area contributed by atoms with Gasteiger partial charge in [-0.25, -0.2) is 9.97 Å². The van der Waals surface area contributed by atoms with Gasteiger partial charge in [-0.1, -0.05) is 153 Å². The molecule has 0 atom stereocenters. The molecule has 0 N–H and O–H groups in total. The van der Waals surface area contributed by atoms with Crippen LogP contribution in [0.4, 0.5) is 17.2 Å². The van der Waals surface area contributed by atoms with Crippen molar-refractivity contribution in [1.82, 2.24) is 9.97 Å². The van der Waals surface area contributed by atoms with Crippen molar-refractivity contribution in [3.8, 4) is 22.3 Å². The topological polar surface area (TPSA) is 29.0 Å². The lowest BCUT2D eigenvalue weighted by Crippen LogP contribution is -2.55. The smallest absolute Gasteiger partial charge is 0.242 e. The van der Waals surface area contributed by atoms with E-state index < -0.39 is 0 Å². The van der Waals surface area contributed by atoms with Crippen molar-refractivity contribution < 1.29 is 0 Å². The molecule has 0 aliphatic carbocycles. The lowest BCUT2D eigenvalue weighted by atomic mass is 9.34. The normalized spacial score (nSPS) is 11.0. The average Bonchev–Trinajstić information content (AvgIpc) is 3.12. The van der Waals surface area contributed by atoms with Crippen molar-refractivity contribution in [3.63, 3.8) is 0 Å². The summed E-state index contributed by atoms with van der Waals surface area (Å²) in [4.78, 5) is 11.2. The number of hydrogen-bond acceptors (Lipinski definition) is 3. The zero-order valence-corrected chi connectivity index (χ0v) is 29.8. The second-order valence-electron chi connectivity index (χ2n) is 13.5. The molecule has 0 fully saturated rings. The maximum atomic E-state index is 4.73. The van der Waals surface area contributed by atoms with Crippen molar-refractivity contribution in [1.29, 1.82) is 0 Å². The van der Waals surface area contributed by atoms with Crippen LogP contribution in [-0.4, -0.2) is 16.7 Å². The monoisotopic (exact) mass is 647 g/mol. The molecule has 1 aromatic heterocycles. The fraction of sp³-hybridized carbons (Fsp3) is 0.130. The number of rotatable bonds is 8. The molecular weight excluding hydrogens is 605 g/mol. The lowest BCUT2D eigenvalue weighted by molar-refractivity contribution is 1.11. The summed E-state index contributed by atoms with van der Waals surface area (Å²) in [7, 11) is 0. The van der Waals surface area contributed by atoms with Crippen LogP contribution in [0.15, 0.2) is 146 Å². The average molecular weight is 648 g/mol. The summed E-state index contributed by atoms with van der Waals surface area (Å²) in [6.07, 6.45) is 3.42. The lowest BCUT2D eigenvalue weighted by Gasteiger charge is -2.27. The minimum atomic E-state index is 0.107. The Balaban J connectivity index is 1.35. The fourth-order valence-electron chi connectivity index (χ4n) is 7.83. The van der Waals surface area contributed by atoms with E-state index in [-0.39, 0.29) is 6.71 Å². The van der Waals surface area contributed by atoms with Crippen LogP contribution in [0.3, 0.4) is 0 Å². The van der Waals surface area contributed by atoms with Crippen LogP contribution in [0.25, 0.3) is 22.3 Å². The molecular formula is C46H42BN3. The molecule has 0 unspecified atom stereocenters. The summed E-state index contributed by atoms with van der Waals surface area (Å²) in [5.41, 5.74) is 18.7. The van der Waals surface area contributed by atoms with Gasteiger partial charge in [0.15, 0.2) is 0 Å². The van der Waals surface area contributed by atoms with Crippen molar-refractivity contribution in [3.05, 3.63) is 179 Å². The van der Waals surface area contributed by atoms with Crippen LogP contribution in [-0.2, 0) is 0 Å². The molecule has 50 heavy (non-hydrogen) atoms. The van der Waals surface area contributed by atoms with Gasteiger partial charge in [-0.15, -0.1) is 0 Å². The van der Waals surface area contributed by atoms with Gasteiger partial charge in [0.2, 0.25) is 6.71 Å². The van der Waals surface area contributed by atoms with E-state index in [1.54, 1.807) is 12.5 Å². The van der Waals surface area contributed by atoms with E-state index in [2.05, 4.69) is 179 Å². The summed E-state index contributed by atoms with van der Waals surface area (Å²) < 4.78 is 0. The largest absolute Gasteiger partial charge is 0.295 e. The predicted molar refractivity (Wildman–Crippen MR) is 214 cm³/mol. The van der Waals surface area contributed by atoms with Crippen molar-refractivity contribution in [2.75, 3.05) is 4.90 Å². The third kappa shape index (κ3) is 6.49. The van der Waals surface area contributed by atoms with Crippen LogP contribution in [0.1, 0.15) is 33.4 Å². The molecule has 3 nitrogen and oxygen atoms in total. The standard InChI is InChI=1S/C46H42BN3/c1-31-25-33(3)45(34(4)26-31)47(46-35(5)27-32(2)28-36(46)6)39-19-21-40(22-20-39)50(44-23-24-48-30-49-44)41-16-12-15-38(29-41)43-18-11-10-17-42(43)37-13-8-7-9-14-37/h7-30H,1-6H3. The Morgan fingerprint density at radius 1 is 0.480 bits per heavy atom. The van der Waals surface area contributed by atoms with Crippen LogP contribution < -0.4 is 21.3 Å². The minimum Gasteiger partial charge on any atom is -0.295 e. The van der Waals surface area contributed by atoms with E-state index in [9.17, 15) is 0 Å². The first-order chi connectivity index (χ1) is 24.3. The van der Waals surface area contributed by atoms with Gasteiger partial charge in [0, 0.05) is 17.6 Å². The molecule has 1 heterocycles. The minimum absolute atomic E-state index is 0.107. The second-order valence-corrected chi connectivity index (χ2v) is 13.5. The molecule has 0 aliphatic rings. The summed E-state index contributed by atoms with van der Waals surface area (Å²) in [5.74, 6) is 0.813. The van der Waals surface area contributed by atoms with E-state index in [1.807, 2.05) is 6.07 Å². The molecule has 0 spiro atoms. The first-order valence-corrected chi connectivity index (χ1v) is 17.3. The molecule has 0 aliphatic heterocycles. The van der Waals surface area contributed by atoms with Crippen LogP contribution in [0.2, 0.25) is 0 Å². The highest BCUT2D eigenvalue weighted by Crippen LogP contribution is 2.37. The van der Waals surface area contributed by atoms with Crippen LogP contribution >= 0.6 is 0 Å². The summed E-state index contributed by atoms with van der Waals surface area (Å²) in [6.45, 7) is 13.5. The zero-order valence-electron chi connectivity index (χ0n) is 29.8. The number of hydrogen-bond donors (Lipinski definition) is 0. The maximum Gasteiger partial charge on any atom is 0.242 e. The Kier molecular flexibility index (Phi) is 9.19. The number of aryl methyl sites for hydroxylation is 6. The van der Waals surface area contributed by atoms with Gasteiger partial charge in [0.25, 0.3) is 0 Å². The van der Waals surface area contributed by atoms with Crippen molar-refractivity contribution in [2.45, 2.75) is 41.5 Å². The van der Waals surface area contributed by atoms with Gasteiger partial charge in [-0.3, -0.25) is 4.90 Å². The number of anilines is 3. The third-order valence-electron chi connectivity index (χ3n) is 9.76. The van der Waals surface area contributed by atoms with E-state index in [1.165, 1.54) is 66.5 Å². The van der Waals surface area contributed by atoms with E-state index in [0.717, 1.165) is 22.8 Å². The van der Waals surface area contributed by atoms with Crippen molar-refractivity contribution >= 4 is 40.3 Å². The maximum absolute atomic E-state index is 4.73. The molecule has 7 rings (SSSR count). The van der Waals surface area contributed by atoms with E-state index >= 15 is 0 Å². The van der Waals surface area contributed by atoms with Gasteiger partial charge in [-0.05, 0) is 94.1 Å². The fourth-order valence-corrected chi connectivity index (χ4v) is 7.83. The molecule has 0 saturated carbocycles. The quantitative estimate of drug-likeness (QED) is 0.154. The van der Waals surface area contributed by atoms with Crippen LogP contribution in [0.5, 0.6) is 0 Å². The Morgan fingerprint density at radius 2 is 1.02 bits per heavy atom. The number of nitrogens with zero attached hydrogens (tertiary/aromatic N) is 3. The van der Waals surface area contributed by atoms with Crippen LogP contribution in [0, 0.1) is 41.5 Å². The summed E-state index contributed by atoms with van der Waals surface area (Å²) in [6, 6.07) is 48.3. The third-order valence-corrected chi connectivity index (χ3v) is 9.76. The van der Waals surface area contributed by atoms with Gasteiger partial charge in [-0.2, -0.15) is 0 Å². The molecule has 0 radical (unpaired) electrons. The van der Waals surface area contributed by atoms with Gasteiger partial charge in [0.05, 0.1) is 0 Å². The zero-order chi connectivity index (χ0) is 34.8. The Hall–Kier alpha value is -5.74. The highest BCUT2D eigenvalue weighted by molar-refractivity contribution is 6.96. The van der Waals surface area contributed by atoms with Gasteiger partial charge >= 0.3 is 0 Å². The number of benzene rings is 6.